The molecule has 0 fully saturated rings. The van der Waals surface area contributed by atoms with E-state index in [4.69, 9.17) is 16.8 Å². The highest BCUT2D eigenvalue weighted by Gasteiger charge is 2.23. The molecule has 238 valence electrons. The van der Waals surface area contributed by atoms with Crippen molar-refractivity contribution in [2.45, 2.75) is 0 Å². The summed E-state index contributed by atoms with van der Waals surface area (Å²) in [5.41, 5.74) is -0.691. The van der Waals surface area contributed by atoms with E-state index in [-0.39, 0.29) is 27.5 Å². The second kappa shape index (κ2) is 10.8. The Balaban J connectivity index is 1.43. The van der Waals surface area contributed by atoms with Crippen LogP contribution in [0.15, 0.2) is 186 Å². The molecule has 0 radical (unpaired) electrons. The molecule has 3 heteroatoms. The number of para-hydroxylation sites is 4. The van der Waals surface area contributed by atoms with Crippen molar-refractivity contribution in [2.75, 3.05) is 0 Å². The van der Waals surface area contributed by atoms with Crippen LogP contribution in [-0.2, 0) is 0 Å². The number of aromatic nitrogens is 2. The number of hydrogen-bond acceptors (Lipinski definition) is 1. The van der Waals surface area contributed by atoms with Crippen molar-refractivity contribution in [3.63, 3.8) is 0 Å². The van der Waals surface area contributed by atoms with E-state index >= 15 is 0 Å². The molecule has 0 aliphatic carbocycles. The summed E-state index contributed by atoms with van der Waals surface area (Å²) in [5, 5.41) is -0.421. The standard InChI is InChI=1S/C48H30N2O/c1-3-15-31(16-4-1)33-29-30-43(47-38-21-9-12-28-44(38)51-48(33)47)50-40-25-11-8-20-37(40)46-35(23-14-27-42(46)50)34-22-13-26-41-45(34)36-19-7-10-24-39(36)49(41)32-17-5-2-6-18-32/h1-30H/i2D,5D,6D,7D,8D,10D,11D,13D,14D,17D,18D,19D,20D,22D,23D,24D,25D,26D,27D. The highest BCUT2D eigenvalue weighted by Crippen LogP contribution is 2.46. The van der Waals surface area contributed by atoms with Gasteiger partial charge >= 0.3 is 0 Å². The molecule has 8 aromatic carbocycles. The molecular formula is C48H30N2O. The van der Waals surface area contributed by atoms with Gasteiger partial charge in [-0.3, -0.25) is 0 Å². The maximum atomic E-state index is 9.69. The SMILES string of the molecule is [2H]c1c([2H])c([2H])c(-n2c3c([2H])c([2H])c([2H])c([2H])c3c3c(-c4c([2H])c([2H])c([2H])c5c4c4c([2H])c([2H])c([2H])c([2H])c4n5-c4ccc(-c5ccccc5)c5oc6ccccc6c45)c([2H])c([2H])c([2H])c32)c([2H])c1[2H]. The van der Waals surface area contributed by atoms with Crippen molar-refractivity contribution >= 4 is 65.6 Å². The molecule has 0 saturated heterocycles. The number of hydrogen-bond donors (Lipinski definition) is 0. The molecule has 0 unspecified atom stereocenters. The Hall–Kier alpha value is -6.84. The minimum absolute atomic E-state index is 0.214. The van der Waals surface area contributed by atoms with Gasteiger partial charge in [0.25, 0.3) is 0 Å². The van der Waals surface area contributed by atoms with Gasteiger partial charge in [0.2, 0.25) is 0 Å². The molecule has 0 amide bonds. The van der Waals surface area contributed by atoms with E-state index in [1.54, 1.807) is 36.4 Å². The van der Waals surface area contributed by atoms with Gasteiger partial charge in [-0.05, 0) is 71.1 Å². The predicted octanol–water partition coefficient (Wildman–Crippen LogP) is 13.1. The fraction of sp³-hybridized carbons (Fsp3) is 0. The van der Waals surface area contributed by atoms with Crippen molar-refractivity contribution in [3.05, 3.63) is 182 Å². The first-order valence-corrected chi connectivity index (χ1v) is 15.9. The van der Waals surface area contributed by atoms with E-state index in [0.717, 1.165) is 10.1 Å². The topological polar surface area (TPSA) is 23.0 Å². The van der Waals surface area contributed by atoms with E-state index in [1.807, 2.05) is 30.3 Å². The van der Waals surface area contributed by atoms with Gasteiger partial charge in [-0.2, -0.15) is 0 Å². The van der Waals surface area contributed by atoms with Gasteiger partial charge in [-0.25, -0.2) is 0 Å². The average molecular weight is 670 g/mol. The molecule has 11 aromatic rings. The summed E-state index contributed by atoms with van der Waals surface area (Å²) >= 11 is 0. The number of fused-ring (bicyclic) bond motifs is 9. The summed E-state index contributed by atoms with van der Waals surface area (Å²) < 4.78 is 182. The molecule has 3 heterocycles. The Labute approximate surface area is 320 Å². The summed E-state index contributed by atoms with van der Waals surface area (Å²) in [6, 6.07) is 5.16. The van der Waals surface area contributed by atoms with Gasteiger partial charge in [0.1, 0.15) is 11.2 Å². The van der Waals surface area contributed by atoms with Crippen LogP contribution in [0.25, 0.3) is 99.2 Å². The molecule has 11 rings (SSSR count). The molecule has 51 heavy (non-hydrogen) atoms. The van der Waals surface area contributed by atoms with E-state index in [0.29, 0.717) is 27.5 Å². The minimum atomic E-state index is -0.878. The lowest BCUT2D eigenvalue weighted by Gasteiger charge is -2.13. The van der Waals surface area contributed by atoms with Gasteiger partial charge < -0.3 is 13.6 Å². The third-order valence-corrected chi connectivity index (χ3v) is 9.23. The first-order chi connectivity index (χ1) is 33.2. The fourth-order valence-corrected chi connectivity index (χ4v) is 7.18. The van der Waals surface area contributed by atoms with Gasteiger partial charge in [-0.1, -0.05) is 127 Å². The molecule has 0 spiro atoms. The quantitative estimate of drug-likeness (QED) is 0.183. The van der Waals surface area contributed by atoms with E-state index in [2.05, 4.69) is 0 Å². The van der Waals surface area contributed by atoms with Crippen molar-refractivity contribution in [2.24, 2.45) is 0 Å². The van der Waals surface area contributed by atoms with Gasteiger partial charge in [-0.15, -0.1) is 0 Å². The van der Waals surface area contributed by atoms with E-state index in [9.17, 15) is 13.7 Å². The molecule has 3 nitrogen and oxygen atoms in total. The van der Waals surface area contributed by atoms with Crippen LogP contribution in [0.1, 0.15) is 26.0 Å². The van der Waals surface area contributed by atoms with Gasteiger partial charge in [0.15, 0.2) is 0 Å². The first-order valence-electron chi connectivity index (χ1n) is 25.4. The zero-order valence-electron chi connectivity index (χ0n) is 45.2. The Kier molecular flexibility index (Phi) is 3.26. The molecule has 0 bridgehead atoms. The van der Waals surface area contributed by atoms with Crippen LogP contribution in [0, 0.1) is 0 Å². The second-order valence-corrected chi connectivity index (χ2v) is 11.8. The summed E-state index contributed by atoms with van der Waals surface area (Å²) in [7, 11) is 0. The van der Waals surface area contributed by atoms with Crippen LogP contribution in [0.3, 0.4) is 0 Å². The summed E-state index contributed by atoms with van der Waals surface area (Å²) in [5.74, 6) is 0. The Morgan fingerprint density at radius 1 is 0.412 bits per heavy atom. The largest absolute Gasteiger partial charge is 0.455 e. The first kappa shape index (κ1) is 15.4. The van der Waals surface area contributed by atoms with Crippen molar-refractivity contribution in [3.8, 4) is 33.6 Å². The zero-order valence-corrected chi connectivity index (χ0v) is 26.2. The molecule has 0 aliphatic heterocycles. The Bertz CT molecular complexity index is 4200. The average Bonchev–Trinajstić information content (AvgIpc) is 4.04. The highest BCUT2D eigenvalue weighted by molar-refractivity contribution is 6.23. The van der Waals surface area contributed by atoms with Crippen LogP contribution in [0.2, 0.25) is 0 Å². The number of nitrogens with zero attached hydrogens (tertiary/aromatic N) is 2. The smallest absolute Gasteiger partial charge is 0.145 e. The number of furan rings is 1. The van der Waals surface area contributed by atoms with Crippen molar-refractivity contribution in [1.82, 2.24) is 9.13 Å². The second-order valence-electron chi connectivity index (χ2n) is 11.8. The van der Waals surface area contributed by atoms with E-state index in [1.165, 1.54) is 4.57 Å². The molecule has 0 aliphatic rings. The summed E-state index contributed by atoms with van der Waals surface area (Å²) in [6.45, 7) is 0. The van der Waals surface area contributed by atoms with Crippen molar-refractivity contribution < 1.29 is 30.5 Å². The Morgan fingerprint density at radius 2 is 1.00 bits per heavy atom. The molecular weight excluding hydrogens is 621 g/mol. The maximum Gasteiger partial charge on any atom is 0.145 e. The lowest BCUT2D eigenvalue weighted by atomic mass is 9.95. The summed E-state index contributed by atoms with van der Waals surface area (Å²) in [6.07, 6.45) is 0. The minimum Gasteiger partial charge on any atom is -0.455 e. The van der Waals surface area contributed by atoms with Crippen LogP contribution < -0.4 is 0 Å². The molecule has 0 saturated carbocycles. The number of benzene rings is 8. The predicted molar refractivity (Wildman–Crippen MR) is 213 cm³/mol. The molecule has 0 atom stereocenters. The van der Waals surface area contributed by atoms with Crippen LogP contribution in [0.5, 0.6) is 0 Å². The molecule has 3 aromatic heterocycles. The van der Waals surface area contributed by atoms with Gasteiger partial charge in [0, 0.05) is 38.2 Å². The Morgan fingerprint density at radius 3 is 1.73 bits per heavy atom. The van der Waals surface area contributed by atoms with Crippen LogP contribution >= 0.6 is 0 Å². The lowest BCUT2D eigenvalue weighted by Crippen LogP contribution is -1.95. The zero-order chi connectivity index (χ0) is 50.0. The third-order valence-electron chi connectivity index (χ3n) is 9.23. The monoisotopic (exact) mass is 669 g/mol. The molecule has 0 N–H and O–H groups in total. The maximum absolute atomic E-state index is 9.69. The fourth-order valence-electron chi connectivity index (χ4n) is 7.18. The van der Waals surface area contributed by atoms with Gasteiger partial charge in [0.05, 0.1) is 59.2 Å². The normalized spacial score (nSPS) is 17.1. The van der Waals surface area contributed by atoms with Crippen molar-refractivity contribution in [1.29, 1.82) is 0 Å². The number of rotatable bonds is 4. The van der Waals surface area contributed by atoms with E-state index < -0.39 is 153 Å². The highest BCUT2D eigenvalue weighted by atomic mass is 16.3. The lowest BCUT2D eigenvalue weighted by molar-refractivity contribution is 0.670. The third kappa shape index (κ3) is 4.00. The van der Waals surface area contributed by atoms with Crippen LogP contribution in [0.4, 0.5) is 0 Å². The van der Waals surface area contributed by atoms with Crippen LogP contribution in [-0.4, -0.2) is 9.13 Å². The summed E-state index contributed by atoms with van der Waals surface area (Å²) in [4.78, 5) is 0.